The van der Waals surface area contributed by atoms with E-state index < -0.39 is 0 Å². The second-order valence-corrected chi connectivity index (χ2v) is 3.16. The second kappa shape index (κ2) is 2.79. The van der Waals surface area contributed by atoms with Gasteiger partial charge in [-0.2, -0.15) is 0 Å². The Kier molecular flexibility index (Phi) is 2.11. The van der Waals surface area contributed by atoms with E-state index in [0.29, 0.717) is 5.96 Å². The molecule has 1 N–H and O–H groups in total. The molecule has 1 aliphatic rings. The molecule has 0 amide bonds. The summed E-state index contributed by atoms with van der Waals surface area (Å²) in [7, 11) is 6.09. The van der Waals surface area contributed by atoms with E-state index >= 15 is 0 Å². The van der Waals surface area contributed by atoms with Gasteiger partial charge in [0, 0.05) is 14.1 Å². The first-order valence-corrected chi connectivity index (χ1v) is 3.97. The molecule has 5 heteroatoms. The lowest BCUT2D eigenvalue weighted by Gasteiger charge is -2.42. The Labute approximate surface area is 74.9 Å². The van der Waals surface area contributed by atoms with Crippen LogP contribution in [0.4, 0.5) is 0 Å². The average Bonchev–Trinajstić information content (AvgIpc) is 2.08. The van der Waals surface area contributed by atoms with Gasteiger partial charge < -0.3 is 9.80 Å². The number of guanidine groups is 1. The van der Waals surface area contributed by atoms with Crippen molar-refractivity contribution >= 4 is 15.4 Å². The van der Waals surface area contributed by atoms with Crippen molar-refractivity contribution in [3.05, 3.63) is 24.8 Å². The van der Waals surface area contributed by atoms with Gasteiger partial charge >= 0.3 is 0 Å². The van der Waals surface area contributed by atoms with Gasteiger partial charge in [0.05, 0.1) is 0 Å². The molecule has 1 atom stereocenters. The first-order valence-electron chi connectivity index (χ1n) is 3.45. The van der Waals surface area contributed by atoms with Crippen molar-refractivity contribution in [1.29, 1.82) is 5.41 Å². The highest BCUT2D eigenvalue weighted by molar-refractivity contribution is 7.13. The fourth-order valence-electron chi connectivity index (χ4n) is 0.942. The zero-order valence-electron chi connectivity index (χ0n) is 7.33. The van der Waals surface area contributed by atoms with E-state index in [9.17, 15) is 0 Å². The van der Waals surface area contributed by atoms with Crippen molar-refractivity contribution in [2.45, 2.75) is 0 Å². The zero-order chi connectivity index (χ0) is 9.46. The maximum Gasteiger partial charge on any atom is 0.204 e. The van der Waals surface area contributed by atoms with E-state index in [-0.39, 0.29) is 0 Å². The standard InChI is InChI=1S/C7H13N4P/c1-5-9(3)7(8)10(4)6(2)11(5)12/h8H,1-2,12H2,3-4H3. The lowest BCUT2D eigenvalue weighted by atomic mass is 10.5. The summed E-state index contributed by atoms with van der Waals surface area (Å²) in [5, 5.41) is 7.65. The molecular weight excluding hydrogens is 171 g/mol. The van der Waals surface area contributed by atoms with Gasteiger partial charge in [-0.05, 0) is 9.39 Å². The largest absolute Gasteiger partial charge is 0.302 e. The summed E-state index contributed by atoms with van der Waals surface area (Å²) in [4.78, 5) is 3.36. The van der Waals surface area contributed by atoms with E-state index in [1.165, 1.54) is 0 Å². The third-order valence-electron chi connectivity index (χ3n) is 1.97. The van der Waals surface area contributed by atoms with Crippen LogP contribution in [0.5, 0.6) is 0 Å². The van der Waals surface area contributed by atoms with E-state index in [4.69, 9.17) is 5.41 Å². The first-order chi connectivity index (χ1) is 5.46. The number of hydrogen-bond donors (Lipinski definition) is 1. The van der Waals surface area contributed by atoms with Gasteiger partial charge in [0.2, 0.25) is 5.96 Å². The predicted molar refractivity (Wildman–Crippen MR) is 53.1 cm³/mol. The molecule has 0 spiro atoms. The van der Waals surface area contributed by atoms with Crippen LogP contribution in [0.3, 0.4) is 0 Å². The molecule has 1 heterocycles. The summed E-state index contributed by atoms with van der Waals surface area (Å²) in [5.41, 5.74) is 0. The van der Waals surface area contributed by atoms with Crippen LogP contribution in [0.15, 0.2) is 24.8 Å². The first kappa shape index (κ1) is 9.07. The Hall–Kier alpha value is -1.02. The Bertz CT molecular complexity index is 199. The topological polar surface area (TPSA) is 33.6 Å². The molecule has 1 unspecified atom stereocenters. The van der Waals surface area contributed by atoms with Gasteiger partial charge in [-0.3, -0.25) is 10.1 Å². The normalized spacial score (nSPS) is 19.2. The van der Waals surface area contributed by atoms with Crippen LogP contribution in [-0.4, -0.2) is 34.5 Å². The molecule has 1 aliphatic heterocycles. The number of nitrogens with one attached hydrogen (secondary N) is 1. The molecule has 0 aromatic carbocycles. The Morgan fingerprint density at radius 3 is 1.83 bits per heavy atom. The van der Waals surface area contributed by atoms with E-state index in [2.05, 4.69) is 22.5 Å². The third-order valence-corrected chi connectivity index (χ3v) is 2.56. The summed E-state index contributed by atoms with van der Waals surface area (Å²) in [6.45, 7) is 7.63. The summed E-state index contributed by atoms with van der Waals surface area (Å²) in [6.07, 6.45) is 0. The van der Waals surface area contributed by atoms with Crippen molar-refractivity contribution in [2.24, 2.45) is 0 Å². The summed E-state index contributed by atoms with van der Waals surface area (Å²) < 4.78 is 1.76. The summed E-state index contributed by atoms with van der Waals surface area (Å²) in [5.74, 6) is 1.84. The van der Waals surface area contributed by atoms with E-state index in [1.54, 1.807) is 28.6 Å². The van der Waals surface area contributed by atoms with Crippen LogP contribution in [0.2, 0.25) is 0 Å². The fraction of sp³-hybridized carbons (Fsp3) is 0.286. The van der Waals surface area contributed by atoms with Crippen molar-refractivity contribution in [2.75, 3.05) is 14.1 Å². The summed E-state index contributed by atoms with van der Waals surface area (Å²) >= 11 is 0. The van der Waals surface area contributed by atoms with Crippen LogP contribution < -0.4 is 0 Å². The minimum absolute atomic E-state index is 0.378. The van der Waals surface area contributed by atoms with Crippen LogP contribution in [0.1, 0.15) is 0 Å². The quantitative estimate of drug-likeness (QED) is 0.566. The molecule has 0 bridgehead atoms. The van der Waals surface area contributed by atoms with E-state index in [0.717, 1.165) is 11.6 Å². The van der Waals surface area contributed by atoms with Crippen molar-refractivity contribution in [3.63, 3.8) is 0 Å². The minimum Gasteiger partial charge on any atom is -0.302 e. The van der Waals surface area contributed by atoms with Gasteiger partial charge in [0.25, 0.3) is 0 Å². The van der Waals surface area contributed by atoms with Gasteiger partial charge in [-0.1, -0.05) is 13.2 Å². The zero-order valence-corrected chi connectivity index (χ0v) is 8.49. The highest BCUT2D eigenvalue weighted by atomic mass is 31.0. The Balaban J connectivity index is 2.99. The highest BCUT2D eigenvalue weighted by Gasteiger charge is 2.26. The van der Waals surface area contributed by atoms with Crippen LogP contribution >= 0.6 is 9.39 Å². The minimum atomic E-state index is 0.378. The van der Waals surface area contributed by atoms with Crippen molar-refractivity contribution in [1.82, 2.24) is 14.5 Å². The van der Waals surface area contributed by atoms with Crippen LogP contribution in [0.25, 0.3) is 0 Å². The molecule has 1 fully saturated rings. The monoisotopic (exact) mass is 184 g/mol. The van der Waals surface area contributed by atoms with Gasteiger partial charge in [0.1, 0.15) is 11.6 Å². The second-order valence-electron chi connectivity index (χ2n) is 2.64. The highest BCUT2D eigenvalue weighted by Crippen LogP contribution is 2.26. The molecule has 12 heavy (non-hydrogen) atoms. The lowest BCUT2D eigenvalue weighted by molar-refractivity contribution is 0.327. The molecule has 1 rings (SSSR count). The van der Waals surface area contributed by atoms with Gasteiger partial charge in [-0.25, -0.2) is 0 Å². The molecule has 66 valence electrons. The SMILES string of the molecule is C=C1N(C)C(=N)N(C)C(=C)N1P. The number of hydrogen-bond acceptors (Lipinski definition) is 2. The maximum atomic E-state index is 7.65. The van der Waals surface area contributed by atoms with Crippen LogP contribution in [0, 0.1) is 5.41 Å². The molecule has 4 nitrogen and oxygen atoms in total. The average molecular weight is 184 g/mol. The molecule has 0 aliphatic carbocycles. The third kappa shape index (κ3) is 1.08. The van der Waals surface area contributed by atoms with Gasteiger partial charge in [0.15, 0.2) is 0 Å². The van der Waals surface area contributed by atoms with Crippen LogP contribution in [-0.2, 0) is 0 Å². The Morgan fingerprint density at radius 2 is 1.50 bits per heavy atom. The molecule has 0 saturated carbocycles. The smallest absolute Gasteiger partial charge is 0.204 e. The molecule has 0 radical (unpaired) electrons. The maximum absolute atomic E-state index is 7.65. The van der Waals surface area contributed by atoms with E-state index in [1.807, 2.05) is 0 Å². The molecule has 1 saturated heterocycles. The summed E-state index contributed by atoms with van der Waals surface area (Å²) in [6, 6.07) is 0. The molecule has 0 aromatic heterocycles. The fourth-order valence-corrected chi connectivity index (χ4v) is 1.29. The predicted octanol–water partition coefficient (Wildman–Crippen LogP) is 0.833. The lowest BCUT2D eigenvalue weighted by Crippen LogP contribution is -2.48. The number of nitrogens with zero attached hydrogens (tertiary/aromatic N) is 3. The molecular formula is C7H13N4P. The van der Waals surface area contributed by atoms with Gasteiger partial charge in [-0.15, -0.1) is 0 Å². The number of rotatable bonds is 0. The molecule has 0 aromatic rings. The van der Waals surface area contributed by atoms with Crippen molar-refractivity contribution < 1.29 is 0 Å². The Morgan fingerprint density at radius 1 is 1.17 bits per heavy atom. The van der Waals surface area contributed by atoms with Crippen molar-refractivity contribution in [3.8, 4) is 0 Å².